The number of hydrogen-bond donors (Lipinski definition) is 2. The van der Waals surface area contributed by atoms with Crippen molar-refractivity contribution in [2.24, 2.45) is 0 Å². The Morgan fingerprint density at radius 1 is 1.07 bits per heavy atom. The number of amides is 2. The molecule has 0 aliphatic rings. The highest BCUT2D eigenvalue weighted by Crippen LogP contribution is 2.19. The summed E-state index contributed by atoms with van der Waals surface area (Å²) in [5, 5.41) is 2.93. The summed E-state index contributed by atoms with van der Waals surface area (Å²) >= 11 is 1.71. The predicted octanol–water partition coefficient (Wildman–Crippen LogP) is 2.14. The number of hydrogen-bond acceptors (Lipinski definition) is 3. The number of benzene rings is 2. The van der Waals surface area contributed by atoms with Crippen LogP contribution >= 0.6 is 11.8 Å². The van der Waals surface area contributed by atoms with Crippen molar-refractivity contribution in [3.8, 4) is 0 Å². The van der Waals surface area contributed by atoms with Crippen LogP contribution in [-0.2, 0) is 16.1 Å². The van der Waals surface area contributed by atoms with Crippen LogP contribution < -0.4 is 10.2 Å². The minimum absolute atomic E-state index is 0.0440. The number of para-hydroxylation sites is 1. The Hall–Kier alpha value is -2.31. The summed E-state index contributed by atoms with van der Waals surface area (Å²) in [5.74, 6) is -0.228. The maximum atomic E-state index is 12.5. The summed E-state index contributed by atoms with van der Waals surface area (Å²) in [6.45, 7) is 5.08. The lowest BCUT2D eigenvalue weighted by Crippen LogP contribution is -3.08. The third-order valence-corrected chi connectivity index (χ3v) is 5.41. The number of nitrogens with one attached hydrogen (secondary N) is 2. The van der Waals surface area contributed by atoms with Crippen molar-refractivity contribution in [1.82, 2.24) is 4.90 Å². The molecule has 1 atom stereocenters. The number of nitrogens with zero attached hydrogens (tertiary/aromatic N) is 1. The summed E-state index contributed by atoms with van der Waals surface area (Å²) in [4.78, 5) is 28.6. The van der Waals surface area contributed by atoms with Gasteiger partial charge in [-0.2, -0.15) is 0 Å². The Kier molecular flexibility index (Phi) is 8.08. The Balaban J connectivity index is 1.84. The fourth-order valence-electron chi connectivity index (χ4n) is 3.04. The van der Waals surface area contributed by atoms with Gasteiger partial charge in [-0.05, 0) is 43.4 Å². The summed E-state index contributed by atoms with van der Waals surface area (Å²) < 4.78 is 0. The molecule has 1 unspecified atom stereocenters. The molecule has 0 aliphatic carbocycles. The average molecular weight is 401 g/mol. The van der Waals surface area contributed by atoms with Gasteiger partial charge in [-0.15, -0.1) is 11.8 Å². The van der Waals surface area contributed by atoms with Crippen molar-refractivity contribution < 1.29 is 14.5 Å². The van der Waals surface area contributed by atoms with Crippen LogP contribution in [0.15, 0.2) is 47.4 Å². The van der Waals surface area contributed by atoms with Gasteiger partial charge in [0, 0.05) is 23.2 Å². The van der Waals surface area contributed by atoms with Crippen LogP contribution in [0, 0.1) is 13.8 Å². The highest BCUT2D eigenvalue weighted by Gasteiger charge is 2.18. The van der Waals surface area contributed by atoms with Crippen LogP contribution in [0.2, 0.25) is 0 Å². The molecule has 2 aromatic carbocycles. The first-order valence-corrected chi connectivity index (χ1v) is 10.6. The topological polar surface area (TPSA) is 53.9 Å². The second kappa shape index (κ2) is 10.3. The summed E-state index contributed by atoms with van der Waals surface area (Å²) in [7, 11) is 3.66. The van der Waals surface area contributed by atoms with Crippen molar-refractivity contribution in [3.63, 3.8) is 0 Å². The van der Waals surface area contributed by atoms with Gasteiger partial charge in [-0.1, -0.05) is 30.3 Å². The highest BCUT2D eigenvalue weighted by molar-refractivity contribution is 7.98. The fraction of sp³-hybridized carbons (Fsp3) is 0.364. The van der Waals surface area contributed by atoms with E-state index in [4.69, 9.17) is 0 Å². The maximum absolute atomic E-state index is 12.5. The number of likely N-dealkylation sites (N-methyl/N-ethyl adjacent to an activating group) is 2. The number of quaternary nitrogens is 1. The van der Waals surface area contributed by atoms with E-state index in [-0.39, 0.29) is 18.4 Å². The van der Waals surface area contributed by atoms with Gasteiger partial charge in [0.05, 0.1) is 13.6 Å². The van der Waals surface area contributed by atoms with Gasteiger partial charge in [0.1, 0.15) is 6.54 Å². The SMILES string of the molecule is CSc1ccc(C[NH+](C)CC(=O)N(C)CC(=O)Nc2c(C)cccc2C)cc1. The molecule has 150 valence electrons. The largest absolute Gasteiger partial charge is 0.332 e. The van der Waals surface area contributed by atoms with Crippen molar-refractivity contribution in [2.75, 3.05) is 38.8 Å². The first kappa shape index (κ1) is 22.0. The molecule has 0 spiro atoms. The molecule has 0 radical (unpaired) electrons. The number of carbonyl (C=O) groups excluding carboxylic acids is 2. The van der Waals surface area contributed by atoms with Crippen LogP contribution in [0.5, 0.6) is 0 Å². The predicted molar refractivity (Wildman–Crippen MR) is 116 cm³/mol. The molecular formula is C22H30N3O2S+. The number of aryl methyl sites for hydroxylation is 2. The minimum Gasteiger partial charge on any atom is -0.332 e. The summed E-state index contributed by atoms with van der Waals surface area (Å²) in [5.41, 5.74) is 4.04. The van der Waals surface area contributed by atoms with Crippen molar-refractivity contribution in [1.29, 1.82) is 0 Å². The molecule has 0 heterocycles. The molecule has 0 bridgehead atoms. The van der Waals surface area contributed by atoms with Gasteiger partial charge in [0.25, 0.3) is 5.91 Å². The Morgan fingerprint density at radius 2 is 1.68 bits per heavy atom. The zero-order valence-corrected chi connectivity index (χ0v) is 18.2. The zero-order chi connectivity index (χ0) is 20.7. The van der Waals surface area contributed by atoms with E-state index in [0.29, 0.717) is 6.54 Å². The lowest BCUT2D eigenvalue weighted by atomic mass is 10.1. The molecule has 0 aliphatic heterocycles. The lowest BCUT2D eigenvalue weighted by molar-refractivity contribution is -0.885. The molecule has 2 amide bonds. The van der Waals surface area contributed by atoms with Crippen LogP contribution in [0.4, 0.5) is 5.69 Å². The van der Waals surface area contributed by atoms with E-state index >= 15 is 0 Å². The molecule has 28 heavy (non-hydrogen) atoms. The monoisotopic (exact) mass is 400 g/mol. The molecule has 5 nitrogen and oxygen atoms in total. The van der Waals surface area contributed by atoms with Crippen LogP contribution in [0.3, 0.4) is 0 Å². The van der Waals surface area contributed by atoms with E-state index in [0.717, 1.165) is 28.3 Å². The molecule has 0 fully saturated rings. The van der Waals surface area contributed by atoms with Gasteiger partial charge in [-0.3, -0.25) is 9.59 Å². The zero-order valence-electron chi connectivity index (χ0n) is 17.3. The fourth-order valence-corrected chi connectivity index (χ4v) is 3.45. The van der Waals surface area contributed by atoms with Gasteiger partial charge in [0.15, 0.2) is 6.54 Å². The minimum atomic E-state index is -0.182. The standard InChI is InChI=1S/C22H29N3O2S/c1-16-7-6-8-17(2)22(16)23-20(26)14-25(4)21(27)15-24(3)13-18-9-11-19(28-5)12-10-18/h6-12H,13-15H2,1-5H3,(H,23,26)/p+1. The van der Waals surface area contributed by atoms with E-state index in [2.05, 4.69) is 35.8 Å². The molecule has 2 N–H and O–H groups in total. The van der Waals surface area contributed by atoms with Gasteiger partial charge < -0.3 is 15.1 Å². The molecular weight excluding hydrogens is 370 g/mol. The second-order valence-corrected chi connectivity index (χ2v) is 8.10. The van der Waals surface area contributed by atoms with Crippen molar-refractivity contribution in [2.45, 2.75) is 25.3 Å². The molecule has 0 saturated heterocycles. The van der Waals surface area contributed by atoms with Crippen LogP contribution in [0.1, 0.15) is 16.7 Å². The lowest BCUT2D eigenvalue weighted by Gasteiger charge is -2.20. The summed E-state index contributed by atoms with van der Waals surface area (Å²) in [6.07, 6.45) is 2.05. The van der Waals surface area contributed by atoms with Crippen molar-refractivity contribution in [3.05, 3.63) is 59.2 Å². The number of thioether (sulfide) groups is 1. The van der Waals surface area contributed by atoms with Crippen LogP contribution in [0.25, 0.3) is 0 Å². The first-order valence-electron chi connectivity index (χ1n) is 9.34. The Bertz CT molecular complexity index is 801. The number of rotatable bonds is 8. The van der Waals surface area contributed by atoms with E-state index in [1.807, 2.05) is 39.1 Å². The third-order valence-electron chi connectivity index (χ3n) is 4.67. The van der Waals surface area contributed by atoms with Crippen molar-refractivity contribution >= 4 is 29.3 Å². The molecule has 0 aromatic heterocycles. The molecule has 2 rings (SSSR count). The normalized spacial score (nSPS) is 11.8. The average Bonchev–Trinajstić information content (AvgIpc) is 2.65. The number of carbonyl (C=O) groups is 2. The van der Waals surface area contributed by atoms with Gasteiger partial charge in [0.2, 0.25) is 5.91 Å². The molecule has 2 aromatic rings. The Labute approximate surface area is 172 Å². The summed E-state index contributed by atoms with van der Waals surface area (Å²) in [6, 6.07) is 14.3. The van der Waals surface area contributed by atoms with Gasteiger partial charge >= 0.3 is 0 Å². The molecule has 0 saturated carbocycles. The van der Waals surface area contributed by atoms with Gasteiger partial charge in [-0.25, -0.2) is 0 Å². The van der Waals surface area contributed by atoms with Crippen LogP contribution in [-0.4, -0.2) is 50.2 Å². The smallest absolute Gasteiger partial charge is 0.277 e. The third kappa shape index (κ3) is 6.39. The maximum Gasteiger partial charge on any atom is 0.277 e. The quantitative estimate of drug-likeness (QED) is 0.668. The van der Waals surface area contributed by atoms with E-state index < -0.39 is 0 Å². The Morgan fingerprint density at radius 3 is 2.25 bits per heavy atom. The van der Waals surface area contributed by atoms with E-state index in [1.165, 1.54) is 15.4 Å². The van der Waals surface area contributed by atoms with E-state index in [9.17, 15) is 9.59 Å². The first-order chi connectivity index (χ1) is 13.3. The van der Waals surface area contributed by atoms with E-state index in [1.54, 1.807) is 18.8 Å². The molecule has 6 heteroatoms. The second-order valence-electron chi connectivity index (χ2n) is 7.22. The highest BCUT2D eigenvalue weighted by atomic mass is 32.2. The number of anilines is 1.